The predicted octanol–water partition coefficient (Wildman–Crippen LogP) is 4.13. The van der Waals surface area contributed by atoms with E-state index in [4.69, 9.17) is 0 Å². The lowest BCUT2D eigenvalue weighted by Crippen LogP contribution is -2.45. The normalized spacial score (nSPS) is 20.9. The van der Waals surface area contributed by atoms with Crippen LogP contribution in [-0.2, 0) is 12.6 Å². The number of carbonyl (C=O) groups excluding carboxylic acids is 1. The van der Waals surface area contributed by atoms with E-state index in [1.807, 2.05) is 19.2 Å². The van der Waals surface area contributed by atoms with Crippen molar-refractivity contribution in [3.05, 3.63) is 59.9 Å². The van der Waals surface area contributed by atoms with E-state index in [-0.39, 0.29) is 24.1 Å². The number of likely N-dealkylation sites (N-methyl/N-ethyl adjacent to an activating group) is 1. The topological polar surface area (TPSA) is 68.7 Å². The molecule has 1 aliphatic rings. The highest BCUT2D eigenvalue weighted by Gasteiger charge is 2.43. The zero-order valence-corrected chi connectivity index (χ0v) is 18.9. The Labute approximate surface area is 192 Å². The summed E-state index contributed by atoms with van der Waals surface area (Å²) in [6.45, 7) is 3.84. The Kier molecular flexibility index (Phi) is 8.31. The third-order valence-corrected chi connectivity index (χ3v) is 6.40. The second-order valence-corrected chi connectivity index (χ2v) is 8.61. The molecule has 0 spiro atoms. The van der Waals surface area contributed by atoms with Crippen molar-refractivity contribution in [3.63, 3.8) is 0 Å². The third kappa shape index (κ3) is 6.45. The van der Waals surface area contributed by atoms with Crippen molar-refractivity contribution >= 4 is 11.7 Å². The highest BCUT2D eigenvalue weighted by atomic mass is 19.4. The van der Waals surface area contributed by atoms with Gasteiger partial charge in [-0.25, -0.2) is 4.79 Å². The van der Waals surface area contributed by atoms with Gasteiger partial charge in [0.1, 0.15) is 0 Å². The lowest BCUT2D eigenvalue weighted by molar-refractivity contribution is -0.137. The molecule has 0 saturated carbocycles. The molecule has 0 radical (unpaired) electrons. The molecule has 2 amide bonds. The maximum atomic E-state index is 13.0. The smallest absolute Gasteiger partial charge is 0.394 e. The van der Waals surface area contributed by atoms with Crippen LogP contribution in [0.15, 0.2) is 48.8 Å². The molecule has 1 aromatic carbocycles. The van der Waals surface area contributed by atoms with Gasteiger partial charge in [0.05, 0.1) is 18.2 Å². The van der Waals surface area contributed by atoms with E-state index < -0.39 is 23.8 Å². The number of pyridine rings is 1. The van der Waals surface area contributed by atoms with Crippen LogP contribution < -0.4 is 5.32 Å². The molecule has 0 unspecified atom stereocenters. The molecule has 1 aliphatic heterocycles. The molecule has 2 aromatic rings. The molecule has 1 saturated heterocycles. The summed E-state index contributed by atoms with van der Waals surface area (Å²) < 4.78 is 39.0. The monoisotopic (exact) mass is 464 g/mol. The number of halogens is 3. The van der Waals surface area contributed by atoms with Gasteiger partial charge in [-0.2, -0.15) is 13.2 Å². The summed E-state index contributed by atoms with van der Waals surface area (Å²) in [5.41, 5.74) is 0.453. The second-order valence-electron chi connectivity index (χ2n) is 8.61. The van der Waals surface area contributed by atoms with Crippen LogP contribution in [-0.4, -0.2) is 65.3 Å². The van der Waals surface area contributed by atoms with Gasteiger partial charge >= 0.3 is 12.2 Å². The summed E-state index contributed by atoms with van der Waals surface area (Å²) in [6, 6.07) is 7.65. The standard InChI is InChI=1S/C24H31F3N4O2/c1-3-18-14-31(23(33)29-20-6-4-5-19(13-20)24(25,26)27)22(16-32)21(18)15-30(2)12-9-17-7-10-28-11-8-17/h4-8,10-11,13,18,21-22,32H,3,9,12,14-16H2,1-2H3,(H,29,33)/t18-,21-,22-/m1/s1. The summed E-state index contributed by atoms with van der Waals surface area (Å²) in [5, 5.41) is 12.7. The number of anilines is 1. The first kappa shape index (κ1) is 25.0. The Bertz CT molecular complexity index is 910. The highest BCUT2D eigenvalue weighted by Crippen LogP contribution is 2.34. The Hall–Kier alpha value is -2.65. The van der Waals surface area contributed by atoms with Crippen LogP contribution >= 0.6 is 0 Å². The maximum absolute atomic E-state index is 13.0. The number of aromatic nitrogens is 1. The molecule has 3 atom stereocenters. The number of nitrogens with one attached hydrogen (secondary N) is 1. The fourth-order valence-corrected chi connectivity index (χ4v) is 4.53. The molecule has 9 heteroatoms. The fourth-order valence-electron chi connectivity index (χ4n) is 4.53. The largest absolute Gasteiger partial charge is 0.416 e. The molecule has 0 bridgehead atoms. The Morgan fingerprint density at radius 3 is 2.64 bits per heavy atom. The molecule has 1 fully saturated rings. The second kappa shape index (κ2) is 11.0. The van der Waals surface area contributed by atoms with Crippen LogP contribution in [0.25, 0.3) is 0 Å². The van der Waals surface area contributed by atoms with E-state index in [9.17, 15) is 23.1 Å². The molecule has 180 valence electrons. The minimum atomic E-state index is -4.48. The number of aliphatic hydroxyl groups excluding tert-OH is 1. The number of alkyl halides is 3. The van der Waals surface area contributed by atoms with Gasteiger partial charge in [0, 0.05) is 37.7 Å². The quantitative estimate of drug-likeness (QED) is 0.617. The number of hydrogen-bond acceptors (Lipinski definition) is 4. The van der Waals surface area contributed by atoms with Crippen molar-refractivity contribution in [2.24, 2.45) is 11.8 Å². The molecule has 3 rings (SSSR count). The van der Waals surface area contributed by atoms with Crippen LogP contribution in [0.4, 0.5) is 23.7 Å². The minimum Gasteiger partial charge on any atom is -0.394 e. The lowest BCUT2D eigenvalue weighted by atomic mass is 9.88. The predicted molar refractivity (Wildman–Crippen MR) is 121 cm³/mol. The Morgan fingerprint density at radius 2 is 2.00 bits per heavy atom. The number of aliphatic hydroxyl groups is 1. The first-order chi connectivity index (χ1) is 15.7. The highest BCUT2D eigenvalue weighted by molar-refractivity contribution is 5.90. The van der Waals surface area contributed by atoms with Crippen molar-refractivity contribution in [1.29, 1.82) is 0 Å². The van der Waals surface area contributed by atoms with E-state index in [1.54, 1.807) is 17.3 Å². The molecule has 33 heavy (non-hydrogen) atoms. The van der Waals surface area contributed by atoms with Gasteiger partial charge in [0.25, 0.3) is 0 Å². The van der Waals surface area contributed by atoms with Gasteiger partial charge in [-0.1, -0.05) is 19.4 Å². The van der Waals surface area contributed by atoms with Gasteiger partial charge < -0.3 is 20.2 Å². The van der Waals surface area contributed by atoms with Crippen molar-refractivity contribution in [3.8, 4) is 0 Å². The average Bonchev–Trinajstić information content (AvgIpc) is 3.15. The third-order valence-electron chi connectivity index (χ3n) is 6.40. The van der Waals surface area contributed by atoms with Crippen molar-refractivity contribution in [2.45, 2.75) is 32.0 Å². The van der Waals surface area contributed by atoms with Crippen molar-refractivity contribution < 1.29 is 23.1 Å². The number of benzene rings is 1. The van der Waals surface area contributed by atoms with Crippen LogP contribution in [0.1, 0.15) is 24.5 Å². The fraction of sp³-hybridized carbons (Fsp3) is 0.500. The van der Waals surface area contributed by atoms with E-state index in [1.165, 1.54) is 17.7 Å². The molecule has 2 N–H and O–H groups in total. The van der Waals surface area contributed by atoms with Crippen LogP contribution in [0.2, 0.25) is 0 Å². The van der Waals surface area contributed by atoms with Gasteiger partial charge in [-0.15, -0.1) is 0 Å². The molecular weight excluding hydrogens is 433 g/mol. The number of nitrogens with zero attached hydrogens (tertiary/aromatic N) is 3. The first-order valence-corrected chi connectivity index (χ1v) is 11.2. The molecular formula is C24H31F3N4O2. The van der Waals surface area contributed by atoms with Crippen LogP contribution in [0, 0.1) is 11.8 Å². The summed E-state index contributed by atoms with van der Waals surface area (Å²) in [6.07, 6.45) is 0.754. The van der Waals surface area contributed by atoms with Gasteiger partial charge in [0.2, 0.25) is 0 Å². The molecule has 0 aliphatic carbocycles. The van der Waals surface area contributed by atoms with Crippen molar-refractivity contribution in [2.75, 3.05) is 38.6 Å². The molecule has 1 aromatic heterocycles. The SMILES string of the molecule is CC[C@@H]1CN(C(=O)Nc2cccc(C(F)(F)F)c2)[C@H](CO)[C@@H]1CN(C)CCc1ccncc1. The summed E-state index contributed by atoms with van der Waals surface area (Å²) >= 11 is 0. The number of carbonyl (C=O) groups is 1. The summed E-state index contributed by atoms with van der Waals surface area (Å²) in [7, 11) is 2.02. The lowest BCUT2D eigenvalue weighted by Gasteiger charge is -2.30. The van der Waals surface area contributed by atoms with Crippen LogP contribution in [0.5, 0.6) is 0 Å². The number of amides is 2. The summed E-state index contributed by atoms with van der Waals surface area (Å²) in [5.74, 6) is 0.257. The Morgan fingerprint density at radius 1 is 1.27 bits per heavy atom. The Balaban J connectivity index is 1.65. The maximum Gasteiger partial charge on any atom is 0.416 e. The number of urea groups is 1. The van der Waals surface area contributed by atoms with E-state index in [2.05, 4.69) is 22.1 Å². The van der Waals surface area contributed by atoms with E-state index in [0.717, 1.165) is 31.5 Å². The van der Waals surface area contributed by atoms with Crippen LogP contribution in [0.3, 0.4) is 0 Å². The average molecular weight is 465 g/mol. The molecule has 6 nitrogen and oxygen atoms in total. The number of likely N-dealkylation sites (tertiary alicyclic amines) is 1. The number of hydrogen-bond donors (Lipinski definition) is 2. The molecule has 2 heterocycles. The van der Waals surface area contributed by atoms with Gasteiger partial charge in [-0.3, -0.25) is 4.98 Å². The van der Waals surface area contributed by atoms with Gasteiger partial charge in [-0.05, 0) is 61.2 Å². The number of rotatable bonds is 8. The zero-order valence-electron chi connectivity index (χ0n) is 18.9. The van der Waals surface area contributed by atoms with E-state index in [0.29, 0.717) is 13.1 Å². The summed E-state index contributed by atoms with van der Waals surface area (Å²) in [4.78, 5) is 20.7. The van der Waals surface area contributed by atoms with Gasteiger partial charge in [0.15, 0.2) is 0 Å². The first-order valence-electron chi connectivity index (χ1n) is 11.2. The van der Waals surface area contributed by atoms with Crippen molar-refractivity contribution in [1.82, 2.24) is 14.8 Å². The zero-order chi connectivity index (χ0) is 24.0. The van der Waals surface area contributed by atoms with E-state index >= 15 is 0 Å². The minimum absolute atomic E-state index is 0.0645.